The van der Waals surface area contributed by atoms with Crippen molar-refractivity contribution in [1.29, 1.82) is 0 Å². The van der Waals surface area contributed by atoms with Crippen LogP contribution in [0.4, 0.5) is 0 Å². The van der Waals surface area contributed by atoms with Crippen LogP contribution in [-0.4, -0.2) is 39.5 Å². The molecule has 104 valence electrons. The van der Waals surface area contributed by atoms with Gasteiger partial charge in [-0.25, -0.2) is 4.79 Å². The standard InChI is InChI=1S/C13H19BO5/c1-12(2,17)13(3,4)19-14(18)10-7-5-6-9(8-10)11(15)16/h5-8,17-18H,1-4H3,(H,15,16). The highest BCUT2D eigenvalue weighted by atomic mass is 16.5. The lowest BCUT2D eigenvalue weighted by Crippen LogP contribution is -2.53. The fourth-order valence-corrected chi connectivity index (χ4v) is 1.32. The Balaban J connectivity index is 2.93. The fourth-order valence-electron chi connectivity index (χ4n) is 1.32. The minimum absolute atomic E-state index is 0.0706. The van der Waals surface area contributed by atoms with Crippen molar-refractivity contribution in [2.75, 3.05) is 0 Å². The molecule has 6 heteroatoms. The monoisotopic (exact) mass is 266 g/mol. The molecule has 1 aromatic rings. The zero-order chi connectivity index (χ0) is 14.8. The van der Waals surface area contributed by atoms with Gasteiger partial charge in [0.1, 0.15) is 0 Å². The van der Waals surface area contributed by atoms with E-state index >= 15 is 0 Å². The van der Waals surface area contributed by atoms with Crippen molar-refractivity contribution in [2.45, 2.75) is 38.9 Å². The normalized spacial score (nSPS) is 12.3. The van der Waals surface area contributed by atoms with Crippen LogP contribution in [-0.2, 0) is 4.65 Å². The number of aliphatic hydroxyl groups is 1. The molecular weight excluding hydrogens is 247 g/mol. The van der Waals surface area contributed by atoms with Crippen LogP contribution in [0.15, 0.2) is 24.3 Å². The molecule has 0 unspecified atom stereocenters. The van der Waals surface area contributed by atoms with E-state index < -0.39 is 24.3 Å². The number of carboxylic acids is 1. The summed E-state index contributed by atoms with van der Waals surface area (Å²) in [6.07, 6.45) is 0. The van der Waals surface area contributed by atoms with Gasteiger partial charge in [0.25, 0.3) is 0 Å². The molecule has 0 bridgehead atoms. The summed E-state index contributed by atoms with van der Waals surface area (Å²) in [5.41, 5.74) is -1.75. The number of carboxylic acid groups (broad SMARTS) is 1. The van der Waals surface area contributed by atoms with Crippen LogP contribution < -0.4 is 5.46 Å². The van der Waals surface area contributed by atoms with E-state index in [0.717, 1.165) is 0 Å². The second kappa shape index (κ2) is 5.32. The first-order valence-corrected chi connectivity index (χ1v) is 5.96. The highest BCUT2D eigenvalue weighted by molar-refractivity contribution is 6.60. The summed E-state index contributed by atoms with van der Waals surface area (Å²) in [4.78, 5) is 10.9. The zero-order valence-corrected chi connectivity index (χ0v) is 11.5. The van der Waals surface area contributed by atoms with Crippen molar-refractivity contribution < 1.29 is 24.7 Å². The third-order valence-electron chi connectivity index (χ3n) is 3.30. The fraction of sp³-hybridized carbons (Fsp3) is 0.462. The number of hydrogen-bond donors (Lipinski definition) is 3. The summed E-state index contributed by atoms with van der Waals surface area (Å²) in [5, 5.41) is 28.8. The van der Waals surface area contributed by atoms with Crippen LogP contribution in [0.5, 0.6) is 0 Å². The van der Waals surface area contributed by atoms with E-state index in [4.69, 9.17) is 9.76 Å². The van der Waals surface area contributed by atoms with Gasteiger partial charge >= 0.3 is 13.1 Å². The maximum atomic E-state index is 10.9. The van der Waals surface area contributed by atoms with Gasteiger partial charge in [-0.2, -0.15) is 0 Å². The Bertz CT molecular complexity index is 464. The molecule has 0 radical (unpaired) electrons. The first-order valence-electron chi connectivity index (χ1n) is 5.96. The molecule has 0 saturated heterocycles. The van der Waals surface area contributed by atoms with Crippen LogP contribution in [0.3, 0.4) is 0 Å². The highest BCUT2D eigenvalue weighted by Crippen LogP contribution is 2.25. The number of benzene rings is 1. The van der Waals surface area contributed by atoms with Crippen LogP contribution in [0, 0.1) is 0 Å². The molecule has 0 atom stereocenters. The minimum atomic E-state index is -1.30. The van der Waals surface area contributed by atoms with Crippen molar-refractivity contribution in [3.8, 4) is 0 Å². The van der Waals surface area contributed by atoms with Crippen molar-refractivity contribution in [2.24, 2.45) is 0 Å². The first-order chi connectivity index (χ1) is 8.54. The van der Waals surface area contributed by atoms with Gasteiger partial charge in [0.15, 0.2) is 0 Å². The molecule has 0 aromatic heterocycles. The molecule has 0 spiro atoms. The molecule has 0 aliphatic carbocycles. The van der Waals surface area contributed by atoms with E-state index in [1.165, 1.54) is 18.2 Å². The summed E-state index contributed by atoms with van der Waals surface area (Å²) >= 11 is 0. The Labute approximate surface area is 113 Å². The average Bonchev–Trinajstić information content (AvgIpc) is 2.27. The van der Waals surface area contributed by atoms with E-state index in [9.17, 15) is 14.9 Å². The number of rotatable bonds is 5. The lowest BCUT2D eigenvalue weighted by molar-refractivity contribution is -0.0982. The van der Waals surface area contributed by atoms with Crippen LogP contribution in [0.2, 0.25) is 0 Å². The maximum Gasteiger partial charge on any atom is 0.491 e. The van der Waals surface area contributed by atoms with Gasteiger partial charge in [-0.3, -0.25) is 0 Å². The van der Waals surface area contributed by atoms with Crippen molar-refractivity contribution in [3.05, 3.63) is 29.8 Å². The zero-order valence-electron chi connectivity index (χ0n) is 11.5. The van der Waals surface area contributed by atoms with Crippen molar-refractivity contribution >= 4 is 18.6 Å². The maximum absolute atomic E-state index is 10.9. The molecule has 1 rings (SSSR count). The number of hydrogen-bond acceptors (Lipinski definition) is 4. The van der Waals surface area contributed by atoms with E-state index in [0.29, 0.717) is 5.46 Å². The largest absolute Gasteiger partial charge is 0.491 e. The molecular formula is C13H19BO5. The Kier molecular flexibility index (Phi) is 4.40. The van der Waals surface area contributed by atoms with Gasteiger partial charge in [-0.1, -0.05) is 12.1 Å². The predicted molar refractivity (Wildman–Crippen MR) is 72.5 cm³/mol. The van der Waals surface area contributed by atoms with Crippen LogP contribution in [0.1, 0.15) is 38.1 Å². The molecule has 0 saturated carbocycles. The summed E-state index contributed by atoms with van der Waals surface area (Å²) in [7, 11) is -1.30. The van der Waals surface area contributed by atoms with Crippen LogP contribution >= 0.6 is 0 Å². The van der Waals surface area contributed by atoms with E-state index in [2.05, 4.69) is 0 Å². The van der Waals surface area contributed by atoms with E-state index in [-0.39, 0.29) is 5.56 Å². The Morgan fingerprint density at radius 3 is 2.32 bits per heavy atom. The lowest BCUT2D eigenvalue weighted by atomic mass is 9.76. The third-order valence-corrected chi connectivity index (χ3v) is 3.30. The molecule has 1 aromatic carbocycles. The average molecular weight is 266 g/mol. The molecule has 0 amide bonds. The molecule has 19 heavy (non-hydrogen) atoms. The number of aromatic carboxylic acids is 1. The highest BCUT2D eigenvalue weighted by Gasteiger charge is 2.39. The predicted octanol–water partition coefficient (Wildman–Crippen LogP) is 0.638. The molecule has 0 aliphatic rings. The first kappa shape index (κ1) is 15.7. The number of carbonyl (C=O) groups is 1. The topological polar surface area (TPSA) is 87.0 Å². The van der Waals surface area contributed by atoms with E-state index in [1.54, 1.807) is 33.8 Å². The molecule has 0 heterocycles. The van der Waals surface area contributed by atoms with Gasteiger partial charge < -0.3 is 19.9 Å². The molecule has 5 nitrogen and oxygen atoms in total. The third kappa shape index (κ3) is 3.80. The summed E-state index contributed by atoms with van der Waals surface area (Å²) < 4.78 is 5.44. The lowest BCUT2D eigenvalue weighted by Gasteiger charge is -2.38. The summed E-state index contributed by atoms with van der Waals surface area (Å²) in [5.74, 6) is -1.07. The quantitative estimate of drug-likeness (QED) is 0.681. The summed E-state index contributed by atoms with van der Waals surface area (Å²) in [6, 6.07) is 5.87. The van der Waals surface area contributed by atoms with Gasteiger partial charge in [0, 0.05) is 0 Å². The van der Waals surface area contributed by atoms with Gasteiger partial charge in [-0.15, -0.1) is 0 Å². The Morgan fingerprint density at radius 1 is 1.26 bits per heavy atom. The van der Waals surface area contributed by atoms with Crippen molar-refractivity contribution in [1.82, 2.24) is 0 Å². The van der Waals surface area contributed by atoms with Gasteiger partial charge in [-0.05, 0) is 45.3 Å². The van der Waals surface area contributed by atoms with Gasteiger partial charge in [0.05, 0.1) is 16.8 Å². The van der Waals surface area contributed by atoms with Gasteiger partial charge in [0.2, 0.25) is 0 Å². The molecule has 0 fully saturated rings. The Hall–Kier alpha value is -1.37. The van der Waals surface area contributed by atoms with Crippen LogP contribution in [0.25, 0.3) is 0 Å². The molecule has 3 N–H and O–H groups in total. The minimum Gasteiger partial charge on any atom is -0.478 e. The van der Waals surface area contributed by atoms with Crippen molar-refractivity contribution in [3.63, 3.8) is 0 Å². The Morgan fingerprint density at radius 2 is 1.84 bits per heavy atom. The second-order valence-corrected chi connectivity index (χ2v) is 5.47. The second-order valence-electron chi connectivity index (χ2n) is 5.47. The molecule has 0 aliphatic heterocycles. The van der Waals surface area contributed by atoms with E-state index in [1.807, 2.05) is 0 Å². The smallest absolute Gasteiger partial charge is 0.478 e. The SMILES string of the molecule is CC(C)(O)C(C)(C)OB(O)c1cccc(C(=O)O)c1. The summed E-state index contributed by atoms with van der Waals surface area (Å²) in [6.45, 7) is 6.45.